The summed E-state index contributed by atoms with van der Waals surface area (Å²) in [6, 6.07) is 14.9. The Morgan fingerprint density at radius 2 is 1.64 bits per heavy atom. The molecule has 2 aromatic carbocycles. The van der Waals surface area contributed by atoms with Gasteiger partial charge in [-0.15, -0.1) is 0 Å². The van der Waals surface area contributed by atoms with Crippen molar-refractivity contribution in [2.75, 3.05) is 13.7 Å². The highest BCUT2D eigenvalue weighted by atomic mass is 16.5. The fraction of sp³-hybridized carbons (Fsp3) is 0.423. The Morgan fingerprint density at radius 1 is 1.06 bits per heavy atom. The van der Waals surface area contributed by atoms with Crippen molar-refractivity contribution in [3.8, 4) is 11.1 Å². The summed E-state index contributed by atoms with van der Waals surface area (Å²) in [5.41, 5.74) is 4.58. The van der Waals surface area contributed by atoms with Crippen molar-refractivity contribution in [3.05, 3.63) is 59.7 Å². The molecular formula is C26H32N2O5. The van der Waals surface area contributed by atoms with Crippen molar-refractivity contribution >= 4 is 18.0 Å². The molecule has 0 heterocycles. The van der Waals surface area contributed by atoms with Crippen molar-refractivity contribution < 1.29 is 24.2 Å². The van der Waals surface area contributed by atoms with Crippen LogP contribution in [-0.2, 0) is 14.3 Å². The first kappa shape index (κ1) is 24.3. The van der Waals surface area contributed by atoms with E-state index in [1.165, 1.54) is 18.9 Å². The topological polar surface area (TPSA) is 95.9 Å². The molecule has 2 amide bonds. The lowest BCUT2D eigenvalue weighted by molar-refractivity contribution is -0.148. The van der Waals surface area contributed by atoms with Crippen LogP contribution in [-0.4, -0.2) is 53.7 Å². The number of alkyl carbamates (subject to hydrolysis) is 1. The number of amides is 2. The summed E-state index contributed by atoms with van der Waals surface area (Å²) in [7, 11) is 1.46. The first-order valence-corrected chi connectivity index (χ1v) is 11.4. The third kappa shape index (κ3) is 5.72. The zero-order valence-electron chi connectivity index (χ0n) is 19.4. The smallest absolute Gasteiger partial charge is 0.407 e. The number of ether oxygens (including phenoxy) is 1. The van der Waals surface area contributed by atoms with E-state index in [-0.39, 0.29) is 24.9 Å². The van der Waals surface area contributed by atoms with E-state index < -0.39 is 24.1 Å². The fourth-order valence-corrected chi connectivity index (χ4v) is 4.22. The van der Waals surface area contributed by atoms with E-state index >= 15 is 0 Å². The lowest BCUT2D eigenvalue weighted by Crippen LogP contribution is -2.44. The molecule has 0 saturated heterocycles. The molecule has 2 aromatic rings. The summed E-state index contributed by atoms with van der Waals surface area (Å²) in [6.45, 7) is 3.69. The van der Waals surface area contributed by atoms with Gasteiger partial charge >= 0.3 is 12.1 Å². The van der Waals surface area contributed by atoms with Crippen LogP contribution >= 0.6 is 0 Å². The average molecular weight is 453 g/mol. The summed E-state index contributed by atoms with van der Waals surface area (Å²) in [6.07, 6.45) is 1.82. The van der Waals surface area contributed by atoms with Crippen molar-refractivity contribution in [2.45, 2.75) is 57.5 Å². The maximum Gasteiger partial charge on any atom is 0.407 e. The minimum absolute atomic E-state index is 0.0261. The number of carbonyl (C=O) groups excluding carboxylic acids is 2. The number of nitrogens with zero attached hydrogens (tertiary/aromatic N) is 1. The predicted molar refractivity (Wildman–Crippen MR) is 126 cm³/mol. The van der Waals surface area contributed by atoms with Gasteiger partial charge in [0.2, 0.25) is 5.91 Å². The quantitative estimate of drug-likeness (QED) is 0.557. The van der Waals surface area contributed by atoms with Gasteiger partial charge in [0.25, 0.3) is 0 Å². The van der Waals surface area contributed by atoms with Gasteiger partial charge in [0.05, 0.1) is 0 Å². The second kappa shape index (κ2) is 11.0. The number of hydrogen-bond acceptors (Lipinski definition) is 4. The molecule has 0 aliphatic heterocycles. The van der Waals surface area contributed by atoms with Crippen LogP contribution in [0, 0.1) is 0 Å². The molecule has 1 aliphatic carbocycles. The van der Waals surface area contributed by atoms with Crippen LogP contribution in [0.3, 0.4) is 0 Å². The van der Waals surface area contributed by atoms with Crippen molar-refractivity contribution in [1.82, 2.24) is 10.2 Å². The average Bonchev–Trinajstić information content (AvgIpc) is 3.13. The van der Waals surface area contributed by atoms with Crippen LogP contribution < -0.4 is 5.32 Å². The Kier molecular flexibility index (Phi) is 8.09. The second-order valence-corrected chi connectivity index (χ2v) is 8.53. The number of aliphatic carboxylic acids is 1. The van der Waals surface area contributed by atoms with Crippen molar-refractivity contribution in [1.29, 1.82) is 0 Å². The maximum atomic E-state index is 12.6. The lowest BCUT2D eigenvalue weighted by Gasteiger charge is -2.25. The third-order valence-electron chi connectivity index (χ3n) is 6.32. The number of hydrogen-bond donors (Lipinski definition) is 2. The number of benzene rings is 2. The number of unbranched alkanes of at least 4 members (excludes halogenated alkanes) is 1. The molecule has 0 fully saturated rings. The van der Waals surface area contributed by atoms with Crippen LogP contribution in [0.15, 0.2) is 48.5 Å². The Morgan fingerprint density at radius 3 is 2.18 bits per heavy atom. The second-order valence-electron chi connectivity index (χ2n) is 8.53. The number of carbonyl (C=O) groups is 3. The van der Waals surface area contributed by atoms with Crippen LogP contribution in [0.2, 0.25) is 0 Å². The van der Waals surface area contributed by atoms with E-state index in [0.29, 0.717) is 6.42 Å². The minimum Gasteiger partial charge on any atom is -0.480 e. The van der Waals surface area contributed by atoms with Crippen LogP contribution in [0.4, 0.5) is 4.79 Å². The molecule has 33 heavy (non-hydrogen) atoms. The molecule has 0 radical (unpaired) electrons. The van der Waals surface area contributed by atoms with Gasteiger partial charge in [-0.05, 0) is 35.6 Å². The third-order valence-corrected chi connectivity index (χ3v) is 6.32. The van der Waals surface area contributed by atoms with E-state index in [9.17, 15) is 14.4 Å². The molecule has 0 spiro atoms. The number of carboxylic acids is 1. The van der Waals surface area contributed by atoms with Crippen molar-refractivity contribution in [2.24, 2.45) is 0 Å². The Balaban J connectivity index is 1.63. The van der Waals surface area contributed by atoms with Crippen LogP contribution in [0.5, 0.6) is 0 Å². The summed E-state index contributed by atoms with van der Waals surface area (Å²) >= 11 is 0. The van der Waals surface area contributed by atoms with E-state index in [2.05, 4.69) is 29.6 Å². The molecule has 7 heteroatoms. The minimum atomic E-state index is -1.07. The number of carboxylic acid groups (broad SMARTS) is 1. The molecule has 0 bridgehead atoms. The molecule has 7 nitrogen and oxygen atoms in total. The number of likely N-dealkylation sites (N-methyl/N-ethyl adjacent to an activating group) is 1. The van der Waals surface area contributed by atoms with Gasteiger partial charge < -0.3 is 20.1 Å². The first-order chi connectivity index (χ1) is 15.8. The van der Waals surface area contributed by atoms with E-state index in [4.69, 9.17) is 9.84 Å². The highest BCUT2D eigenvalue weighted by Gasteiger charge is 2.30. The molecule has 1 aliphatic rings. The highest BCUT2D eigenvalue weighted by molar-refractivity contribution is 5.84. The number of fused-ring (bicyclic) bond motifs is 3. The zero-order valence-corrected chi connectivity index (χ0v) is 19.4. The largest absolute Gasteiger partial charge is 0.480 e. The Bertz CT molecular complexity index is 960. The molecule has 2 N–H and O–H groups in total. The summed E-state index contributed by atoms with van der Waals surface area (Å²) in [4.78, 5) is 37.6. The number of nitrogens with one attached hydrogen (secondary N) is 1. The van der Waals surface area contributed by atoms with Gasteiger partial charge in [-0.1, -0.05) is 68.3 Å². The summed E-state index contributed by atoms with van der Waals surface area (Å²) in [5.74, 6) is -1.44. The zero-order chi connectivity index (χ0) is 24.0. The molecular weight excluding hydrogens is 420 g/mol. The van der Waals surface area contributed by atoms with Gasteiger partial charge in [-0.3, -0.25) is 4.79 Å². The van der Waals surface area contributed by atoms with Crippen molar-refractivity contribution in [3.63, 3.8) is 0 Å². The Hall–Kier alpha value is -3.35. The molecule has 176 valence electrons. The highest BCUT2D eigenvalue weighted by Crippen LogP contribution is 2.44. The van der Waals surface area contributed by atoms with Gasteiger partial charge in [0.15, 0.2) is 0 Å². The maximum absolute atomic E-state index is 12.6. The van der Waals surface area contributed by atoms with E-state index in [1.54, 1.807) is 0 Å². The first-order valence-electron chi connectivity index (χ1n) is 11.4. The summed E-state index contributed by atoms with van der Waals surface area (Å²) < 4.78 is 5.61. The molecule has 2 atom stereocenters. The van der Waals surface area contributed by atoms with Gasteiger partial charge in [0.1, 0.15) is 12.6 Å². The van der Waals surface area contributed by atoms with E-state index in [0.717, 1.165) is 35.1 Å². The SMILES string of the molecule is CCCCC(CC(=O)N(C)C(C)C(=O)O)NC(=O)OCC1c2ccccc2-c2ccccc21. The lowest BCUT2D eigenvalue weighted by atomic mass is 9.98. The monoisotopic (exact) mass is 452 g/mol. The van der Waals surface area contributed by atoms with Gasteiger partial charge in [0, 0.05) is 25.4 Å². The molecule has 0 saturated carbocycles. The Labute approximate surface area is 194 Å². The van der Waals surface area contributed by atoms with Crippen LogP contribution in [0.1, 0.15) is 56.6 Å². The van der Waals surface area contributed by atoms with Gasteiger partial charge in [-0.25, -0.2) is 9.59 Å². The molecule has 3 rings (SSSR count). The molecule has 2 unspecified atom stereocenters. The van der Waals surface area contributed by atoms with E-state index in [1.807, 2.05) is 31.2 Å². The molecule has 0 aromatic heterocycles. The standard InChI is InChI=1S/C26H32N2O5/c1-4-5-10-18(15-24(29)28(3)17(2)25(30)31)27-26(32)33-16-23-21-13-8-6-11-19(21)20-12-7-9-14-22(20)23/h6-9,11-14,17-18,23H,4-5,10,15-16H2,1-3H3,(H,27,32)(H,30,31). The predicted octanol–water partition coefficient (Wildman–Crippen LogP) is 4.41. The van der Waals surface area contributed by atoms with Crippen LogP contribution in [0.25, 0.3) is 11.1 Å². The number of rotatable bonds is 10. The fourth-order valence-electron chi connectivity index (χ4n) is 4.22. The van der Waals surface area contributed by atoms with Gasteiger partial charge in [-0.2, -0.15) is 0 Å². The normalized spacial score (nSPS) is 14.0. The summed E-state index contributed by atoms with van der Waals surface area (Å²) in [5, 5.41) is 12.0.